The zero-order valence-electron chi connectivity index (χ0n) is 11.1. The number of imidazole rings is 1. The Balaban J connectivity index is 1.79. The van der Waals surface area contributed by atoms with Gasteiger partial charge in [-0.2, -0.15) is 10.5 Å². The van der Waals surface area contributed by atoms with Gasteiger partial charge in [-0.1, -0.05) is 6.07 Å². The summed E-state index contributed by atoms with van der Waals surface area (Å²) in [4.78, 5) is 4.49. The minimum Gasteiger partial charge on any atom is -0.379 e. The second-order valence-electron chi connectivity index (χ2n) is 4.54. The summed E-state index contributed by atoms with van der Waals surface area (Å²) in [6.45, 7) is 0.554. The number of aromatic nitrogens is 2. The van der Waals surface area contributed by atoms with Crippen LogP contribution in [0.15, 0.2) is 48.8 Å². The van der Waals surface area contributed by atoms with Gasteiger partial charge in [-0.05, 0) is 30.3 Å². The van der Waals surface area contributed by atoms with Gasteiger partial charge in [-0.3, -0.25) is 0 Å². The fraction of sp³-hybridized carbons (Fsp3) is 0.0625. The van der Waals surface area contributed by atoms with Crippen molar-refractivity contribution >= 4 is 11.3 Å². The number of nitrogens with zero attached hydrogens (tertiary/aromatic N) is 4. The van der Waals surface area contributed by atoms with Crippen LogP contribution in [0.2, 0.25) is 0 Å². The van der Waals surface area contributed by atoms with E-state index in [4.69, 9.17) is 10.5 Å². The molecule has 0 aliphatic rings. The largest absolute Gasteiger partial charge is 0.379 e. The number of nitrogens with one attached hydrogen (secondary N) is 1. The van der Waals surface area contributed by atoms with Crippen molar-refractivity contribution in [1.29, 1.82) is 10.5 Å². The molecule has 1 aromatic carbocycles. The number of benzene rings is 1. The number of rotatable bonds is 3. The molecule has 0 radical (unpaired) electrons. The van der Waals surface area contributed by atoms with Crippen LogP contribution in [0.3, 0.4) is 0 Å². The first-order valence-corrected chi connectivity index (χ1v) is 6.41. The summed E-state index contributed by atoms with van der Waals surface area (Å²) in [5.74, 6) is 0. The second kappa shape index (κ2) is 5.36. The quantitative estimate of drug-likeness (QED) is 0.796. The van der Waals surface area contributed by atoms with Gasteiger partial charge >= 0.3 is 0 Å². The molecule has 0 fully saturated rings. The van der Waals surface area contributed by atoms with Crippen LogP contribution in [0.1, 0.15) is 16.8 Å². The van der Waals surface area contributed by atoms with E-state index in [0.717, 1.165) is 17.0 Å². The molecule has 100 valence electrons. The Morgan fingerprint density at radius 3 is 2.71 bits per heavy atom. The Bertz CT molecular complexity index is 847. The summed E-state index contributed by atoms with van der Waals surface area (Å²) in [5.41, 5.74) is 3.35. The van der Waals surface area contributed by atoms with Crippen molar-refractivity contribution < 1.29 is 0 Å². The molecule has 0 saturated heterocycles. The van der Waals surface area contributed by atoms with E-state index in [1.807, 2.05) is 47.1 Å². The molecular weight excluding hydrogens is 262 g/mol. The molecule has 0 bridgehead atoms. The lowest BCUT2D eigenvalue weighted by Crippen LogP contribution is -2.00. The monoisotopic (exact) mass is 273 g/mol. The summed E-state index contributed by atoms with van der Waals surface area (Å²) in [6, 6.07) is 15.0. The molecule has 3 aromatic rings. The van der Waals surface area contributed by atoms with Crippen LogP contribution in [0.5, 0.6) is 0 Å². The third-order valence-electron chi connectivity index (χ3n) is 3.15. The summed E-state index contributed by atoms with van der Waals surface area (Å²) < 4.78 is 1.95. The fourth-order valence-electron chi connectivity index (χ4n) is 2.11. The molecule has 0 amide bonds. The van der Waals surface area contributed by atoms with Gasteiger partial charge in [-0.15, -0.1) is 0 Å². The van der Waals surface area contributed by atoms with Gasteiger partial charge in [0.1, 0.15) is 17.8 Å². The van der Waals surface area contributed by atoms with Crippen molar-refractivity contribution in [2.45, 2.75) is 6.54 Å². The molecule has 0 aliphatic carbocycles. The molecule has 2 aromatic heterocycles. The van der Waals surface area contributed by atoms with Gasteiger partial charge in [-0.25, -0.2) is 4.98 Å². The maximum Gasteiger partial charge on any atom is 0.137 e. The SMILES string of the molecule is N#Cc1ccc(NCc2cn3ccccc3n2)cc1C#N. The molecule has 5 nitrogen and oxygen atoms in total. The van der Waals surface area contributed by atoms with Crippen LogP contribution >= 0.6 is 0 Å². The molecule has 3 rings (SSSR count). The fourth-order valence-corrected chi connectivity index (χ4v) is 2.11. The van der Waals surface area contributed by atoms with Crippen molar-refractivity contribution in [3.63, 3.8) is 0 Å². The van der Waals surface area contributed by atoms with E-state index >= 15 is 0 Å². The summed E-state index contributed by atoms with van der Waals surface area (Å²) in [6.07, 6.45) is 3.90. The van der Waals surface area contributed by atoms with Gasteiger partial charge in [0.05, 0.1) is 23.4 Å². The lowest BCUT2D eigenvalue weighted by molar-refractivity contribution is 1.08. The van der Waals surface area contributed by atoms with Crippen LogP contribution < -0.4 is 5.32 Å². The molecule has 0 unspecified atom stereocenters. The maximum atomic E-state index is 9.01. The predicted molar refractivity (Wildman–Crippen MR) is 78.4 cm³/mol. The van der Waals surface area contributed by atoms with E-state index in [9.17, 15) is 0 Å². The van der Waals surface area contributed by atoms with Gasteiger partial charge in [0.2, 0.25) is 0 Å². The molecular formula is C16H11N5. The van der Waals surface area contributed by atoms with Crippen molar-refractivity contribution in [1.82, 2.24) is 9.38 Å². The van der Waals surface area contributed by atoms with Gasteiger partial charge in [0.25, 0.3) is 0 Å². The third-order valence-corrected chi connectivity index (χ3v) is 3.15. The first kappa shape index (κ1) is 12.7. The number of fused-ring (bicyclic) bond motifs is 1. The smallest absolute Gasteiger partial charge is 0.137 e. The number of anilines is 1. The van der Waals surface area contributed by atoms with E-state index in [1.54, 1.807) is 18.2 Å². The van der Waals surface area contributed by atoms with Gasteiger partial charge in [0.15, 0.2) is 0 Å². The second-order valence-corrected chi connectivity index (χ2v) is 4.54. The minimum absolute atomic E-state index is 0.373. The summed E-state index contributed by atoms with van der Waals surface area (Å²) in [5, 5.41) is 21.1. The minimum atomic E-state index is 0.373. The first-order valence-electron chi connectivity index (χ1n) is 6.41. The standard InChI is InChI=1S/C16H11N5/c17-8-12-4-5-14(7-13(12)9-18)19-10-15-11-21-6-2-1-3-16(21)20-15/h1-7,11,19H,10H2. The van der Waals surface area contributed by atoms with Crippen LogP contribution in [0, 0.1) is 22.7 Å². The van der Waals surface area contributed by atoms with E-state index in [2.05, 4.69) is 10.3 Å². The van der Waals surface area contributed by atoms with E-state index in [0.29, 0.717) is 17.7 Å². The zero-order valence-corrected chi connectivity index (χ0v) is 11.1. The molecule has 5 heteroatoms. The van der Waals surface area contributed by atoms with Crippen molar-refractivity contribution in [3.8, 4) is 12.1 Å². The highest BCUT2D eigenvalue weighted by Gasteiger charge is 2.04. The highest BCUT2D eigenvalue weighted by Crippen LogP contribution is 2.15. The maximum absolute atomic E-state index is 9.01. The van der Waals surface area contributed by atoms with Crippen molar-refractivity contribution in [3.05, 3.63) is 65.6 Å². The predicted octanol–water partition coefficient (Wildman–Crippen LogP) is 2.69. The van der Waals surface area contributed by atoms with E-state index < -0.39 is 0 Å². The molecule has 1 N–H and O–H groups in total. The van der Waals surface area contributed by atoms with Crippen LogP contribution in [-0.4, -0.2) is 9.38 Å². The Morgan fingerprint density at radius 2 is 1.95 bits per heavy atom. The molecule has 0 atom stereocenters. The Labute approximate surface area is 121 Å². The van der Waals surface area contributed by atoms with Crippen LogP contribution in [0.4, 0.5) is 5.69 Å². The summed E-state index contributed by atoms with van der Waals surface area (Å²) >= 11 is 0. The van der Waals surface area contributed by atoms with E-state index in [-0.39, 0.29) is 0 Å². The molecule has 0 aliphatic heterocycles. The lowest BCUT2D eigenvalue weighted by atomic mass is 10.1. The average Bonchev–Trinajstić information content (AvgIpc) is 2.95. The van der Waals surface area contributed by atoms with Crippen molar-refractivity contribution in [2.24, 2.45) is 0 Å². The zero-order chi connectivity index (χ0) is 14.7. The number of hydrogen-bond acceptors (Lipinski definition) is 4. The Morgan fingerprint density at radius 1 is 1.10 bits per heavy atom. The average molecular weight is 273 g/mol. The number of pyridine rings is 1. The third kappa shape index (κ3) is 2.54. The van der Waals surface area contributed by atoms with E-state index in [1.165, 1.54) is 0 Å². The number of nitriles is 2. The first-order chi connectivity index (χ1) is 10.3. The molecule has 0 saturated carbocycles. The highest BCUT2D eigenvalue weighted by molar-refractivity contribution is 5.56. The van der Waals surface area contributed by atoms with Crippen LogP contribution in [0.25, 0.3) is 5.65 Å². The Kier molecular flexibility index (Phi) is 3.24. The van der Waals surface area contributed by atoms with Gasteiger partial charge < -0.3 is 9.72 Å². The van der Waals surface area contributed by atoms with Crippen molar-refractivity contribution in [2.75, 3.05) is 5.32 Å². The number of hydrogen-bond donors (Lipinski definition) is 1. The topological polar surface area (TPSA) is 76.9 Å². The van der Waals surface area contributed by atoms with Gasteiger partial charge in [0, 0.05) is 18.1 Å². The summed E-state index contributed by atoms with van der Waals surface area (Å²) in [7, 11) is 0. The molecule has 21 heavy (non-hydrogen) atoms. The van der Waals surface area contributed by atoms with Crippen LogP contribution in [-0.2, 0) is 6.54 Å². The lowest BCUT2D eigenvalue weighted by Gasteiger charge is -2.05. The highest BCUT2D eigenvalue weighted by atomic mass is 15.0. The molecule has 2 heterocycles. The normalized spacial score (nSPS) is 10.0. The Hall–Kier alpha value is -3.31. The molecule has 0 spiro atoms.